The number of anilines is 2. The second-order valence-electron chi connectivity index (χ2n) is 5.10. The van der Waals surface area contributed by atoms with E-state index in [0.29, 0.717) is 43.3 Å². The van der Waals surface area contributed by atoms with Crippen molar-refractivity contribution in [3.8, 4) is 5.88 Å². The molecule has 118 valence electrons. The molecule has 1 aliphatic rings. The van der Waals surface area contributed by atoms with Crippen molar-refractivity contribution in [1.82, 2.24) is 9.88 Å². The summed E-state index contributed by atoms with van der Waals surface area (Å²) in [6.45, 7) is -0.00667. The fraction of sp³-hybridized carbons (Fsp3) is 0.615. The molecule has 3 N–H and O–H groups in total. The van der Waals surface area contributed by atoms with Crippen LogP contribution in [0.25, 0.3) is 0 Å². The Morgan fingerprint density at radius 2 is 2.05 bits per heavy atom. The molecule has 0 saturated carbocycles. The van der Waals surface area contributed by atoms with Crippen LogP contribution in [-0.2, 0) is 0 Å². The van der Waals surface area contributed by atoms with Gasteiger partial charge in [-0.2, -0.15) is 18.2 Å². The molecular formula is C13H19F3N4O. The number of likely N-dealkylation sites (tertiary alicyclic amines) is 1. The molecule has 0 atom stereocenters. The van der Waals surface area contributed by atoms with Gasteiger partial charge in [-0.15, -0.1) is 0 Å². The highest BCUT2D eigenvalue weighted by molar-refractivity contribution is 5.62. The van der Waals surface area contributed by atoms with Gasteiger partial charge in [0.2, 0.25) is 5.88 Å². The van der Waals surface area contributed by atoms with Gasteiger partial charge < -0.3 is 15.8 Å². The highest BCUT2D eigenvalue weighted by Crippen LogP contribution is 2.24. The van der Waals surface area contributed by atoms with Crippen LogP contribution in [0, 0.1) is 0 Å². The minimum atomic E-state index is -4.13. The van der Waals surface area contributed by atoms with E-state index in [2.05, 4.69) is 10.3 Å². The predicted octanol–water partition coefficient (Wildman–Crippen LogP) is 2.11. The summed E-state index contributed by atoms with van der Waals surface area (Å²) in [4.78, 5) is 5.48. The van der Waals surface area contributed by atoms with E-state index in [9.17, 15) is 13.2 Å². The molecule has 1 aromatic rings. The van der Waals surface area contributed by atoms with Crippen LogP contribution < -0.4 is 15.8 Å². The summed E-state index contributed by atoms with van der Waals surface area (Å²) in [5, 5.41) is 3.23. The van der Waals surface area contributed by atoms with Crippen molar-refractivity contribution in [2.75, 3.05) is 37.8 Å². The molecule has 0 radical (unpaired) electrons. The lowest BCUT2D eigenvalue weighted by atomic mass is 10.0. The molecule has 8 heteroatoms. The van der Waals surface area contributed by atoms with Gasteiger partial charge in [0, 0.05) is 25.2 Å². The summed E-state index contributed by atoms with van der Waals surface area (Å²) in [5.74, 6) is 0.755. The summed E-state index contributed by atoms with van der Waals surface area (Å²) in [5.41, 5.74) is 6.50. The smallest absolute Gasteiger partial charge is 0.401 e. The molecule has 5 nitrogen and oxygen atoms in total. The number of alkyl halides is 3. The third kappa shape index (κ3) is 4.66. The number of nitrogens with two attached hydrogens (primary N) is 1. The average Bonchev–Trinajstić information content (AvgIpc) is 2.41. The summed E-state index contributed by atoms with van der Waals surface area (Å²) in [6.07, 6.45) is -2.85. The third-order valence-corrected chi connectivity index (χ3v) is 3.46. The highest BCUT2D eigenvalue weighted by atomic mass is 19.4. The number of hydrogen-bond acceptors (Lipinski definition) is 5. The summed E-state index contributed by atoms with van der Waals surface area (Å²) in [7, 11) is 1.51. The lowest BCUT2D eigenvalue weighted by Gasteiger charge is -2.33. The molecular weight excluding hydrogens is 285 g/mol. The first-order chi connectivity index (χ1) is 9.87. The van der Waals surface area contributed by atoms with Crippen molar-refractivity contribution < 1.29 is 17.9 Å². The fourth-order valence-corrected chi connectivity index (χ4v) is 2.40. The van der Waals surface area contributed by atoms with E-state index in [-0.39, 0.29) is 6.04 Å². The molecule has 0 spiro atoms. The molecule has 2 rings (SSSR count). The SMILES string of the molecule is COc1ccc(NC2CCN(CC(F)(F)F)CC2)c(N)n1. The molecule has 21 heavy (non-hydrogen) atoms. The second-order valence-corrected chi connectivity index (χ2v) is 5.10. The number of nitrogens with zero attached hydrogens (tertiary/aromatic N) is 2. The van der Waals surface area contributed by atoms with Crippen LogP contribution >= 0.6 is 0 Å². The summed E-state index contributed by atoms with van der Waals surface area (Å²) in [6, 6.07) is 3.56. The maximum atomic E-state index is 12.3. The zero-order chi connectivity index (χ0) is 15.5. The number of hydrogen-bond donors (Lipinski definition) is 2. The van der Waals surface area contributed by atoms with Crippen LogP contribution in [0.1, 0.15) is 12.8 Å². The monoisotopic (exact) mass is 304 g/mol. The van der Waals surface area contributed by atoms with Gasteiger partial charge in [0.1, 0.15) is 0 Å². The lowest BCUT2D eigenvalue weighted by Crippen LogP contribution is -2.43. The Balaban J connectivity index is 1.86. The van der Waals surface area contributed by atoms with E-state index in [1.807, 2.05) is 0 Å². The largest absolute Gasteiger partial charge is 0.481 e. The van der Waals surface area contributed by atoms with Gasteiger partial charge in [-0.05, 0) is 18.9 Å². The minimum absolute atomic E-state index is 0.104. The number of nitrogens with one attached hydrogen (secondary N) is 1. The number of ether oxygens (including phenoxy) is 1. The second kappa shape index (κ2) is 6.38. The van der Waals surface area contributed by atoms with E-state index in [4.69, 9.17) is 10.5 Å². The van der Waals surface area contributed by atoms with Crippen molar-refractivity contribution >= 4 is 11.5 Å². The number of aromatic nitrogens is 1. The fourth-order valence-electron chi connectivity index (χ4n) is 2.40. The van der Waals surface area contributed by atoms with Gasteiger partial charge >= 0.3 is 6.18 Å². The molecule has 0 aliphatic carbocycles. The Kier molecular flexibility index (Phi) is 4.76. The zero-order valence-electron chi connectivity index (χ0n) is 11.8. The highest BCUT2D eigenvalue weighted by Gasteiger charge is 2.32. The van der Waals surface area contributed by atoms with Crippen molar-refractivity contribution in [1.29, 1.82) is 0 Å². The molecule has 1 saturated heterocycles. The molecule has 1 fully saturated rings. The van der Waals surface area contributed by atoms with Gasteiger partial charge in [0.25, 0.3) is 0 Å². The molecule has 0 aromatic carbocycles. The predicted molar refractivity (Wildman–Crippen MR) is 74.3 cm³/mol. The Morgan fingerprint density at radius 1 is 1.38 bits per heavy atom. The van der Waals surface area contributed by atoms with Crippen molar-refractivity contribution in [3.63, 3.8) is 0 Å². The van der Waals surface area contributed by atoms with Gasteiger partial charge in [-0.25, -0.2) is 0 Å². The number of rotatable bonds is 4. The van der Waals surface area contributed by atoms with E-state index in [1.54, 1.807) is 12.1 Å². The average molecular weight is 304 g/mol. The van der Waals surface area contributed by atoms with Crippen LogP contribution in [0.15, 0.2) is 12.1 Å². The van der Waals surface area contributed by atoms with Gasteiger partial charge in [0.05, 0.1) is 19.3 Å². The molecule has 1 aliphatic heterocycles. The first-order valence-electron chi connectivity index (χ1n) is 6.73. The van der Waals surface area contributed by atoms with Crippen LogP contribution in [0.4, 0.5) is 24.7 Å². The third-order valence-electron chi connectivity index (χ3n) is 3.46. The Morgan fingerprint density at radius 3 is 2.57 bits per heavy atom. The van der Waals surface area contributed by atoms with Crippen LogP contribution in [0.2, 0.25) is 0 Å². The first kappa shape index (κ1) is 15.7. The van der Waals surface area contributed by atoms with Gasteiger partial charge in [0.15, 0.2) is 5.82 Å². The molecule has 0 amide bonds. The van der Waals surface area contributed by atoms with E-state index < -0.39 is 12.7 Å². The van der Waals surface area contributed by atoms with Gasteiger partial charge in [-0.3, -0.25) is 4.90 Å². The number of pyridine rings is 1. The summed E-state index contributed by atoms with van der Waals surface area (Å²) < 4.78 is 41.9. The van der Waals surface area contributed by atoms with E-state index in [0.717, 1.165) is 0 Å². The maximum Gasteiger partial charge on any atom is 0.401 e. The number of nitrogen functional groups attached to an aromatic ring is 1. The zero-order valence-corrected chi connectivity index (χ0v) is 11.8. The molecule has 2 heterocycles. The number of methoxy groups -OCH3 is 1. The topological polar surface area (TPSA) is 63.4 Å². The Bertz CT molecular complexity index is 473. The molecule has 0 unspecified atom stereocenters. The summed E-state index contributed by atoms with van der Waals surface area (Å²) >= 11 is 0. The van der Waals surface area contributed by atoms with E-state index in [1.165, 1.54) is 12.0 Å². The standard InChI is InChI=1S/C13H19F3N4O/c1-21-11-3-2-10(12(17)19-11)18-9-4-6-20(7-5-9)8-13(14,15)16/h2-3,9,18H,4-8H2,1H3,(H2,17,19). The van der Waals surface area contributed by atoms with E-state index >= 15 is 0 Å². The molecule has 0 bridgehead atoms. The van der Waals surface area contributed by atoms with Crippen molar-refractivity contribution in [2.24, 2.45) is 0 Å². The van der Waals surface area contributed by atoms with Crippen molar-refractivity contribution in [3.05, 3.63) is 12.1 Å². The first-order valence-corrected chi connectivity index (χ1v) is 6.73. The lowest BCUT2D eigenvalue weighted by molar-refractivity contribution is -0.147. The normalized spacial score (nSPS) is 17.7. The number of halogens is 3. The Labute approximate surface area is 121 Å². The van der Waals surface area contributed by atoms with Crippen LogP contribution in [-0.4, -0.2) is 48.8 Å². The minimum Gasteiger partial charge on any atom is -0.481 e. The number of piperidine rings is 1. The van der Waals surface area contributed by atoms with Gasteiger partial charge in [-0.1, -0.05) is 0 Å². The maximum absolute atomic E-state index is 12.3. The quantitative estimate of drug-likeness (QED) is 0.892. The van der Waals surface area contributed by atoms with Crippen LogP contribution in [0.3, 0.4) is 0 Å². The van der Waals surface area contributed by atoms with Crippen molar-refractivity contribution in [2.45, 2.75) is 25.1 Å². The Hall–Kier alpha value is -1.70. The van der Waals surface area contributed by atoms with Crippen LogP contribution in [0.5, 0.6) is 5.88 Å². The molecule has 1 aromatic heterocycles.